The molecule has 0 saturated heterocycles. The summed E-state index contributed by atoms with van der Waals surface area (Å²) in [5, 5.41) is 2.90. The Labute approximate surface area is 166 Å². The molecule has 0 unspecified atom stereocenters. The standard InChI is InChI=1S/C20H22F3N3OS/c1-13-7-9-14(10-8-13)16-11-17(20(21,22)23)26-19(25-16)28-12-18(27)24-15-5-3-2-4-6-15/h7-11,15H,2-6,12H2,1H3,(H,24,27). The van der Waals surface area contributed by atoms with E-state index in [2.05, 4.69) is 15.3 Å². The van der Waals surface area contributed by atoms with E-state index in [1.165, 1.54) is 6.42 Å². The second-order valence-electron chi connectivity index (χ2n) is 6.98. The molecule has 1 fully saturated rings. The number of halogens is 3. The summed E-state index contributed by atoms with van der Waals surface area (Å²) in [7, 11) is 0. The van der Waals surface area contributed by atoms with Crippen molar-refractivity contribution in [1.82, 2.24) is 15.3 Å². The summed E-state index contributed by atoms with van der Waals surface area (Å²) in [5.74, 6) is -0.208. The minimum atomic E-state index is -4.58. The average Bonchev–Trinajstić information content (AvgIpc) is 2.67. The van der Waals surface area contributed by atoms with Gasteiger partial charge in [0, 0.05) is 11.6 Å². The van der Waals surface area contributed by atoms with Gasteiger partial charge in [-0.25, -0.2) is 9.97 Å². The number of aromatic nitrogens is 2. The molecule has 28 heavy (non-hydrogen) atoms. The molecule has 3 rings (SSSR count). The minimum absolute atomic E-state index is 0.00878. The summed E-state index contributed by atoms with van der Waals surface area (Å²) >= 11 is 0.925. The lowest BCUT2D eigenvalue weighted by atomic mass is 9.95. The van der Waals surface area contributed by atoms with Crippen molar-refractivity contribution in [1.29, 1.82) is 0 Å². The Morgan fingerprint density at radius 3 is 2.46 bits per heavy atom. The zero-order valence-corrected chi connectivity index (χ0v) is 16.4. The molecule has 1 aliphatic rings. The Morgan fingerprint density at radius 2 is 1.82 bits per heavy atom. The van der Waals surface area contributed by atoms with Gasteiger partial charge in [-0.1, -0.05) is 60.9 Å². The highest BCUT2D eigenvalue weighted by Gasteiger charge is 2.34. The van der Waals surface area contributed by atoms with Crippen LogP contribution in [0.3, 0.4) is 0 Å². The van der Waals surface area contributed by atoms with Crippen LogP contribution in [0.2, 0.25) is 0 Å². The first-order valence-corrected chi connectivity index (χ1v) is 10.3. The van der Waals surface area contributed by atoms with Crippen molar-refractivity contribution in [2.24, 2.45) is 0 Å². The molecule has 1 N–H and O–H groups in total. The Morgan fingerprint density at radius 1 is 1.14 bits per heavy atom. The maximum Gasteiger partial charge on any atom is 0.433 e. The third-order valence-corrected chi connectivity index (χ3v) is 5.49. The smallest absolute Gasteiger partial charge is 0.353 e. The molecule has 0 bridgehead atoms. The van der Waals surface area contributed by atoms with Gasteiger partial charge in [0.2, 0.25) is 5.91 Å². The maximum absolute atomic E-state index is 13.3. The van der Waals surface area contributed by atoms with Crippen LogP contribution in [0.1, 0.15) is 43.4 Å². The Balaban J connectivity index is 1.74. The fourth-order valence-corrected chi connectivity index (χ4v) is 3.82. The largest absolute Gasteiger partial charge is 0.433 e. The van der Waals surface area contributed by atoms with Crippen LogP contribution in [0.5, 0.6) is 0 Å². The van der Waals surface area contributed by atoms with Gasteiger partial charge < -0.3 is 5.32 Å². The molecule has 4 nitrogen and oxygen atoms in total. The quantitative estimate of drug-likeness (QED) is 0.557. The number of aryl methyl sites for hydroxylation is 1. The van der Waals surface area contributed by atoms with Gasteiger partial charge in [0.15, 0.2) is 5.16 Å². The van der Waals surface area contributed by atoms with Crippen LogP contribution in [0.4, 0.5) is 13.2 Å². The molecule has 8 heteroatoms. The number of carbonyl (C=O) groups excluding carboxylic acids is 1. The fraction of sp³-hybridized carbons (Fsp3) is 0.450. The molecule has 1 amide bonds. The number of amides is 1. The highest BCUT2D eigenvalue weighted by atomic mass is 32.2. The van der Waals surface area contributed by atoms with E-state index >= 15 is 0 Å². The van der Waals surface area contributed by atoms with Crippen LogP contribution >= 0.6 is 11.8 Å². The molecule has 1 aliphatic carbocycles. The molecule has 1 aromatic carbocycles. The lowest BCUT2D eigenvalue weighted by Crippen LogP contribution is -2.37. The highest BCUT2D eigenvalue weighted by Crippen LogP contribution is 2.32. The lowest BCUT2D eigenvalue weighted by Gasteiger charge is -2.22. The Hall–Kier alpha value is -2.09. The first-order chi connectivity index (χ1) is 13.3. The number of nitrogens with zero attached hydrogens (tertiary/aromatic N) is 2. The monoisotopic (exact) mass is 409 g/mol. The first-order valence-electron chi connectivity index (χ1n) is 9.27. The number of thioether (sulfide) groups is 1. The van der Waals surface area contributed by atoms with Crippen molar-refractivity contribution in [3.05, 3.63) is 41.6 Å². The molecule has 1 saturated carbocycles. The van der Waals surface area contributed by atoms with Crippen LogP contribution in [0, 0.1) is 6.92 Å². The van der Waals surface area contributed by atoms with Gasteiger partial charge in [-0.05, 0) is 25.8 Å². The Kier molecular flexibility index (Phi) is 6.59. The van der Waals surface area contributed by atoms with Crippen molar-refractivity contribution in [2.45, 2.75) is 56.4 Å². The van der Waals surface area contributed by atoms with Gasteiger partial charge in [-0.15, -0.1) is 0 Å². The Bertz CT molecular complexity index is 818. The molecule has 1 aromatic heterocycles. The lowest BCUT2D eigenvalue weighted by molar-refractivity contribution is -0.141. The molecule has 150 valence electrons. The van der Waals surface area contributed by atoms with Crippen molar-refractivity contribution in [3.63, 3.8) is 0 Å². The van der Waals surface area contributed by atoms with Crippen LogP contribution in [-0.2, 0) is 11.0 Å². The highest BCUT2D eigenvalue weighted by molar-refractivity contribution is 7.99. The van der Waals surface area contributed by atoms with Crippen LogP contribution < -0.4 is 5.32 Å². The van der Waals surface area contributed by atoms with Gasteiger partial charge in [-0.2, -0.15) is 13.2 Å². The van der Waals surface area contributed by atoms with E-state index < -0.39 is 11.9 Å². The van der Waals surface area contributed by atoms with Crippen LogP contribution in [-0.4, -0.2) is 27.7 Å². The van der Waals surface area contributed by atoms with Gasteiger partial charge in [0.05, 0.1) is 11.4 Å². The van der Waals surface area contributed by atoms with Crippen molar-refractivity contribution >= 4 is 17.7 Å². The molecule has 0 aliphatic heterocycles. The molecular formula is C20H22F3N3OS. The fourth-order valence-electron chi connectivity index (χ4n) is 3.15. The second kappa shape index (κ2) is 8.94. The van der Waals surface area contributed by atoms with E-state index in [1.54, 1.807) is 12.1 Å². The summed E-state index contributed by atoms with van der Waals surface area (Å²) in [6.07, 6.45) is 0.689. The number of hydrogen-bond donors (Lipinski definition) is 1. The first kappa shape index (κ1) is 20.6. The van der Waals surface area contributed by atoms with Crippen LogP contribution in [0.15, 0.2) is 35.5 Å². The summed E-state index contributed by atoms with van der Waals surface area (Å²) in [6, 6.07) is 8.18. The van der Waals surface area contributed by atoms with Gasteiger partial charge >= 0.3 is 6.18 Å². The molecule has 1 heterocycles. The number of alkyl halides is 3. The zero-order valence-electron chi connectivity index (χ0n) is 15.6. The molecule has 0 atom stereocenters. The zero-order chi connectivity index (χ0) is 20.1. The summed E-state index contributed by atoms with van der Waals surface area (Å²) in [6.45, 7) is 1.90. The number of nitrogens with one attached hydrogen (secondary N) is 1. The summed E-state index contributed by atoms with van der Waals surface area (Å²) < 4.78 is 39.8. The molecular weight excluding hydrogens is 387 g/mol. The molecule has 0 spiro atoms. The minimum Gasteiger partial charge on any atom is -0.353 e. The molecule has 0 radical (unpaired) electrons. The topological polar surface area (TPSA) is 54.9 Å². The van der Waals surface area contributed by atoms with Crippen molar-refractivity contribution in [3.8, 4) is 11.3 Å². The average molecular weight is 409 g/mol. The van der Waals surface area contributed by atoms with Gasteiger partial charge in [0.25, 0.3) is 0 Å². The number of hydrogen-bond acceptors (Lipinski definition) is 4. The normalized spacial score (nSPS) is 15.4. The van der Waals surface area contributed by atoms with E-state index in [0.717, 1.165) is 49.1 Å². The van der Waals surface area contributed by atoms with E-state index in [9.17, 15) is 18.0 Å². The second-order valence-corrected chi connectivity index (χ2v) is 7.92. The van der Waals surface area contributed by atoms with E-state index in [1.807, 2.05) is 19.1 Å². The van der Waals surface area contributed by atoms with Crippen LogP contribution in [0.25, 0.3) is 11.3 Å². The van der Waals surface area contributed by atoms with Gasteiger partial charge in [-0.3, -0.25) is 4.79 Å². The summed E-state index contributed by atoms with van der Waals surface area (Å²) in [4.78, 5) is 20.0. The summed E-state index contributed by atoms with van der Waals surface area (Å²) in [5.41, 5.74) is 0.764. The van der Waals surface area contributed by atoms with Crippen molar-refractivity contribution < 1.29 is 18.0 Å². The number of rotatable bonds is 5. The number of carbonyl (C=O) groups is 1. The van der Waals surface area contributed by atoms with Gasteiger partial charge in [0.1, 0.15) is 5.69 Å². The number of benzene rings is 1. The SMILES string of the molecule is Cc1ccc(-c2cc(C(F)(F)F)nc(SCC(=O)NC3CCCCC3)n2)cc1. The predicted molar refractivity (Wildman–Crippen MR) is 103 cm³/mol. The predicted octanol–water partition coefficient (Wildman–Crippen LogP) is 5.01. The van der Waals surface area contributed by atoms with E-state index in [0.29, 0.717) is 5.56 Å². The van der Waals surface area contributed by atoms with E-state index in [4.69, 9.17) is 0 Å². The third-order valence-electron chi connectivity index (χ3n) is 4.65. The maximum atomic E-state index is 13.3. The third kappa shape index (κ3) is 5.70. The van der Waals surface area contributed by atoms with E-state index in [-0.39, 0.29) is 28.6 Å². The van der Waals surface area contributed by atoms with Crippen molar-refractivity contribution in [2.75, 3.05) is 5.75 Å². The molecule has 2 aromatic rings.